The Hall–Kier alpha value is -1.82. The number of halogens is 1. The van der Waals surface area contributed by atoms with Crippen molar-refractivity contribution in [2.24, 2.45) is 5.73 Å². The van der Waals surface area contributed by atoms with E-state index in [0.717, 1.165) is 5.69 Å². The number of rotatable bonds is 3. The Morgan fingerprint density at radius 2 is 2.20 bits per heavy atom. The van der Waals surface area contributed by atoms with Crippen LogP contribution in [0.5, 0.6) is 0 Å². The highest BCUT2D eigenvalue weighted by atomic mass is 19.1. The van der Waals surface area contributed by atoms with Gasteiger partial charge in [-0.15, -0.1) is 10.2 Å². The maximum absolute atomic E-state index is 12.1. The first-order valence-electron chi connectivity index (χ1n) is 4.37. The molecule has 0 saturated heterocycles. The van der Waals surface area contributed by atoms with Crippen molar-refractivity contribution in [1.82, 2.24) is 15.2 Å². The number of aromatic nitrogens is 3. The molecule has 0 bridgehead atoms. The SMILES string of the molecule is NCc1ccc(-c2nnc(CF)o2)cn1. The van der Waals surface area contributed by atoms with E-state index in [2.05, 4.69) is 15.2 Å². The van der Waals surface area contributed by atoms with Crippen LogP contribution in [0.1, 0.15) is 11.6 Å². The van der Waals surface area contributed by atoms with E-state index in [1.54, 1.807) is 18.3 Å². The van der Waals surface area contributed by atoms with E-state index in [-0.39, 0.29) is 11.8 Å². The van der Waals surface area contributed by atoms with Crippen LogP contribution in [-0.4, -0.2) is 15.2 Å². The first kappa shape index (κ1) is 9.72. The molecule has 0 aromatic carbocycles. The Labute approximate surface area is 85.1 Å². The lowest BCUT2D eigenvalue weighted by molar-refractivity contribution is 0.385. The molecule has 0 amide bonds. The normalized spacial score (nSPS) is 10.5. The van der Waals surface area contributed by atoms with E-state index in [1.165, 1.54) is 0 Å². The van der Waals surface area contributed by atoms with Crippen LogP contribution in [0.2, 0.25) is 0 Å². The van der Waals surface area contributed by atoms with Crippen molar-refractivity contribution in [3.63, 3.8) is 0 Å². The molecule has 0 radical (unpaired) electrons. The number of nitrogens with two attached hydrogens (primary N) is 1. The largest absolute Gasteiger partial charge is 0.418 e. The molecule has 15 heavy (non-hydrogen) atoms. The Morgan fingerprint density at radius 1 is 1.33 bits per heavy atom. The fourth-order valence-electron chi connectivity index (χ4n) is 1.10. The summed E-state index contributed by atoms with van der Waals surface area (Å²) in [5.74, 6) is 0.228. The third-order valence-corrected chi connectivity index (χ3v) is 1.86. The van der Waals surface area contributed by atoms with E-state index in [9.17, 15) is 4.39 Å². The third kappa shape index (κ3) is 1.99. The van der Waals surface area contributed by atoms with Gasteiger partial charge in [-0.3, -0.25) is 4.98 Å². The smallest absolute Gasteiger partial charge is 0.249 e. The Kier molecular flexibility index (Phi) is 2.68. The van der Waals surface area contributed by atoms with Gasteiger partial charge < -0.3 is 10.2 Å². The molecule has 6 heteroatoms. The van der Waals surface area contributed by atoms with Gasteiger partial charge in [0.25, 0.3) is 0 Å². The summed E-state index contributed by atoms with van der Waals surface area (Å²) in [4.78, 5) is 4.06. The molecule has 0 saturated carbocycles. The van der Waals surface area contributed by atoms with Crippen molar-refractivity contribution in [3.05, 3.63) is 29.9 Å². The van der Waals surface area contributed by atoms with Gasteiger partial charge in [0.2, 0.25) is 11.8 Å². The van der Waals surface area contributed by atoms with Crippen LogP contribution in [-0.2, 0) is 13.2 Å². The highest BCUT2D eigenvalue weighted by Crippen LogP contribution is 2.16. The van der Waals surface area contributed by atoms with Crippen molar-refractivity contribution in [2.75, 3.05) is 0 Å². The fourth-order valence-corrected chi connectivity index (χ4v) is 1.10. The molecule has 0 aliphatic heterocycles. The van der Waals surface area contributed by atoms with Gasteiger partial charge in [0, 0.05) is 12.7 Å². The summed E-state index contributed by atoms with van der Waals surface area (Å²) in [5.41, 5.74) is 6.82. The summed E-state index contributed by atoms with van der Waals surface area (Å²) in [6, 6.07) is 3.51. The first-order valence-corrected chi connectivity index (χ1v) is 4.37. The van der Waals surface area contributed by atoms with Crippen LogP contribution in [0, 0.1) is 0 Å². The van der Waals surface area contributed by atoms with Crippen molar-refractivity contribution in [3.8, 4) is 11.5 Å². The lowest BCUT2D eigenvalue weighted by Gasteiger charge is -1.96. The maximum atomic E-state index is 12.1. The quantitative estimate of drug-likeness (QED) is 0.815. The van der Waals surface area contributed by atoms with Crippen LogP contribution in [0.3, 0.4) is 0 Å². The topological polar surface area (TPSA) is 77.8 Å². The highest BCUT2D eigenvalue weighted by Gasteiger charge is 2.08. The molecule has 2 N–H and O–H groups in total. The van der Waals surface area contributed by atoms with Gasteiger partial charge in [0.05, 0.1) is 11.3 Å². The number of hydrogen-bond acceptors (Lipinski definition) is 5. The van der Waals surface area contributed by atoms with Gasteiger partial charge in [0.1, 0.15) is 0 Å². The van der Waals surface area contributed by atoms with Crippen molar-refractivity contribution < 1.29 is 8.81 Å². The number of nitrogens with zero attached hydrogens (tertiary/aromatic N) is 3. The van der Waals surface area contributed by atoms with Crippen molar-refractivity contribution >= 4 is 0 Å². The van der Waals surface area contributed by atoms with Crippen LogP contribution in [0.15, 0.2) is 22.7 Å². The van der Waals surface area contributed by atoms with Crippen LogP contribution >= 0.6 is 0 Å². The molecule has 2 rings (SSSR count). The van der Waals surface area contributed by atoms with E-state index < -0.39 is 6.67 Å². The summed E-state index contributed by atoms with van der Waals surface area (Å²) in [6.45, 7) is -0.388. The molecule has 5 nitrogen and oxygen atoms in total. The molecule has 0 unspecified atom stereocenters. The van der Waals surface area contributed by atoms with Crippen molar-refractivity contribution in [2.45, 2.75) is 13.2 Å². The summed E-state index contributed by atoms with van der Waals surface area (Å²) in [5, 5.41) is 7.19. The van der Waals surface area contributed by atoms with Crippen LogP contribution in [0.4, 0.5) is 4.39 Å². The Bertz CT molecular complexity index is 440. The molecular formula is C9H9FN4O. The van der Waals surface area contributed by atoms with Gasteiger partial charge >= 0.3 is 0 Å². The fraction of sp³-hybridized carbons (Fsp3) is 0.222. The van der Waals surface area contributed by atoms with Gasteiger partial charge in [-0.05, 0) is 12.1 Å². The molecular weight excluding hydrogens is 199 g/mol. The summed E-state index contributed by atoms with van der Waals surface area (Å²) in [7, 11) is 0. The average molecular weight is 208 g/mol. The Morgan fingerprint density at radius 3 is 2.73 bits per heavy atom. The summed E-state index contributed by atoms with van der Waals surface area (Å²) >= 11 is 0. The minimum absolute atomic E-state index is 0.0344. The predicted octanol–water partition coefficient (Wildman–Crippen LogP) is 1.06. The maximum Gasteiger partial charge on any atom is 0.249 e. The Balaban J connectivity index is 2.28. The summed E-state index contributed by atoms with van der Waals surface area (Å²) in [6.07, 6.45) is 1.57. The minimum Gasteiger partial charge on any atom is -0.418 e. The zero-order valence-corrected chi connectivity index (χ0v) is 7.85. The number of pyridine rings is 1. The molecule has 0 aliphatic rings. The molecule has 2 heterocycles. The van der Waals surface area contributed by atoms with E-state index >= 15 is 0 Å². The second-order valence-corrected chi connectivity index (χ2v) is 2.88. The van der Waals surface area contributed by atoms with E-state index in [4.69, 9.17) is 10.2 Å². The van der Waals surface area contributed by atoms with Gasteiger partial charge in [-0.1, -0.05) is 0 Å². The van der Waals surface area contributed by atoms with Crippen LogP contribution in [0.25, 0.3) is 11.5 Å². The zero-order valence-electron chi connectivity index (χ0n) is 7.85. The van der Waals surface area contributed by atoms with E-state index in [1.807, 2.05) is 0 Å². The van der Waals surface area contributed by atoms with E-state index in [0.29, 0.717) is 12.1 Å². The molecule has 0 spiro atoms. The molecule has 78 valence electrons. The highest BCUT2D eigenvalue weighted by molar-refractivity contribution is 5.50. The zero-order chi connectivity index (χ0) is 10.7. The lowest BCUT2D eigenvalue weighted by atomic mass is 10.2. The predicted molar refractivity (Wildman–Crippen MR) is 50.2 cm³/mol. The molecule has 2 aromatic heterocycles. The number of hydrogen-bond donors (Lipinski definition) is 1. The monoisotopic (exact) mass is 208 g/mol. The summed E-state index contributed by atoms with van der Waals surface area (Å²) < 4.78 is 17.2. The van der Waals surface area contributed by atoms with Gasteiger partial charge in [-0.2, -0.15) is 0 Å². The van der Waals surface area contributed by atoms with Gasteiger partial charge in [-0.25, -0.2) is 4.39 Å². The third-order valence-electron chi connectivity index (χ3n) is 1.86. The molecule has 0 aliphatic carbocycles. The molecule has 2 aromatic rings. The van der Waals surface area contributed by atoms with Gasteiger partial charge in [0.15, 0.2) is 6.67 Å². The van der Waals surface area contributed by atoms with Crippen molar-refractivity contribution in [1.29, 1.82) is 0 Å². The second-order valence-electron chi connectivity index (χ2n) is 2.88. The standard InChI is InChI=1S/C9H9FN4O/c10-3-8-13-14-9(15-8)6-1-2-7(4-11)12-5-6/h1-2,5H,3-4,11H2. The second kappa shape index (κ2) is 4.14. The average Bonchev–Trinajstić information content (AvgIpc) is 2.78. The lowest BCUT2D eigenvalue weighted by Crippen LogP contribution is -1.98. The molecule has 0 atom stereocenters. The minimum atomic E-state index is -0.763. The van der Waals surface area contributed by atoms with Crippen LogP contribution < -0.4 is 5.73 Å². The first-order chi connectivity index (χ1) is 7.33. The number of alkyl halides is 1. The molecule has 0 fully saturated rings.